The number of aromatic nitrogens is 2. The number of nitrogens with one attached hydrogen (secondary N) is 1. The van der Waals surface area contributed by atoms with Crippen molar-refractivity contribution >= 4 is 21.6 Å². The lowest BCUT2D eigenvalue weighted by Crippen LogP contribution is -2.19. The van der Waals surface area contributed by atoms with E-state index in [0.717, 1.165) is 11.3 Å². The van der Waals surface area contributed by atoms with Crippen molar-refractivity contribution in [1.82, 2.24) is 9.78 Å². The summed E-state index contributed by atoms with van der Waals surface area (Å²) in [6, 6.07) is 6.72. The van der Waals surface area contributed by atoms with E-state index < -0.39 is 9.84 Å². The Morgan fingerprint density at radius 3 is 2.72 bits per heavy atom. The molecule has 2 aromatic rings. The van der Waals surface area contributed by atoms with Crippen LogP contribution in [-0.4, -0.2) is 42.7 Å². The molecule has 25 heavy (non-hydrogen) atoms. The van der Waals surface area contributed by atoms with E-state index in [2.05, 4.69) is 10.4 Å². The summed E-state index contributed by atoms with van der Waals surface area (Å²) in [6.45, 7) is 3.71. The number of carbonyl (C=O) groups is 1. The molecule has 1 N–H and O–H groups in total. The Balaban J connectivity index is 1.85. The van der Waals surface area contributed by atoms with Gasteiger partial charge in [-0.3, -0.25) is 4.79 Å². The van der Waals surface area contributed by atoms with Crippen molar-refractivity contribution in [2.75, 3.05) is 23.9 Å². The third-order valence-electron chi connectivity index (χ3n) is 4.32. The van der Waals surface area contributed by atoms with Crippen LogP contribution >= 0.6 is 0 Å². The van der Waals surface area contributed by atoms with Gasteiger partial charge in [-0.15, -0.1) is 0 Å². The fourth-order valence-electron chi connectivity index (χ4n) is 3.01. The number of ether oxygens (including phenoxy) is 1. The second-order valence-corrected chi connectivity index (χ2v) is 8.54. The normalized spacial score (nSPS) is 18.9. The van der Waals surface area contributed by atoms with E-state index in [1.165, 1.54) is 0 Å². The maximum absolute atomic E-state index is 12.6. The van der Waals surface area contributed by atoms with E-state index in [-0.39, 0.29) is 23.5 Å². The van der Waals surface area contributed by atoms with Gasteiger partial charge in [-0.1, -0.05) is 6.07 Å². The van der Waals surface area contributed by atoms with Crippen molar-refractivity contribution in [3.63, 3.8) is 0 Å². The summed E-state index contributed by atoms with van der Waals surface area (Å²) in [5.74, 6) is 1.05. The number of aryl methyl sites for hydroxylation is 2. The monoisotopic (exact) mass is 363 g/mol. The van der Waals surface area contributed by atoms with E-state index in [9.17, 15) is 13.2 Å². The molecule has 0 spiro atoms. The quantitative estimate of drug-likeness (QED) is 0.899. The minimum Gasteiger partial charge on any atom is -0.496 e. The molecule has 2 heterocycles. The molecule has 1 saturated heterocycles. The van der Waals surface area contributed by atoms with Crippen LogP contribution in [0.25, 0.3) is 0 Å². The zero-order chi connectivity index (χ0) is 18.2. The second kappa shape index (κ2) is 6.51. The summed E-state index contributed by atoms with van der Waals surface area (Å²) in [4.78, 5) is 12.6. The van der Waals surface area contributed by atoms with Gasteiger partial charge in [0.1, 0.15) is 11.6 Å². The summed E-state index contributed by atoms with van der Waals surface area (Å²) in [7, 11) is -1.48. The zero-order valence-corrected chi connectivity index (χ0v) is 15.3. The minimum absolute atomic E-state index is 0.0509. The summed E-state index contributed by atoms with van der Waals surface area (Å²) < 4.78 is 30.3. The van der Waals surface area contributed by atoms with Gasteiger partial charge in [-0.25, -0.2) is 13.1 Å². The first kappa shape index (κ1) is 17.5. The second-order valence-electron chi connectivity index (χ2n) is 6.31. The van der Waals surface area contributed by atoms with E-state index in [4.69, 9.17) is 4.74 Å². The first-order chi connectivity index (χ1) is 11.8. The molecule has 3 rings (SSSR count). The van der Waals surface area contributed by atoms with Gasteiger partial charge < -0.3 is 10.1 Å². The molecule has 1 fully saturated rings. The zero-order valence-electron chi connectivity index (χ0n) is 14.4. The smallest absolute Gasteiger partial charge is 0.256 e. The van der Waals surface area contributed by atoms with Crippen molar-refractivity contribution < 1.29 is 17.9 Å². The Morgan fingerprint density at radius 2 is 2.08 bits per heavy atom. The van der Waals surface area contributed by atoms with Crippen LogP contribution in [0.1, 0.15) is 34.1 Å². The molecule has 8 heteroatoms. The van der Waals surface area contributed by atoms with Crippen LogP contribution in [0.3, 0.4) is 0 Å². The number of sulfone groups is 1. The van der Waals surface area contributed by atoms with Crippen LogP contribution in [0.15, 0.2) is 24.3 Å². The molecule has 1 aromatic carbocycles. The molecule has 0 aliphatic carbocycles. The fraction of sp³-hybridized carbons (Fsp3) is 0.412. The third kappa shape index (κ3) is 3.68. The van der Waals surface area contributed by atoms with Gasteiger partial charge in [0.05, 0.1) is 30.4 Å². The van der Waals surface area contributed by atoms with Gasteiger partial charge >= 0.3 is 0 Å². The number of anilines is 1. The van der Waals surface area contributed by atoms with Gasteiger partial charge in [0.25, 0.3) is 5.91 Å². The Labute approximate surface area is 146 Å². The van der Waals surface area contributed by atoms with Crippen LogP contribution in [0, 0.1) is 13.8 Å². The topological polar surface area (TPSA) is 90.3 Å². The minimum atomic E-state index is -3.04. The number of amides is 1. The number of hydrogen-bond donors (Lipinski definition) is 1. The number of methoxy groups -OCH3 is 1. The highest BCUT2D eigenvalue weighted by atomic mass is 32.2. The van der Waals surface area contributed by atoms with E-state index in [1.54, 1.807) is 30.0 Å². The molecule has 1 unspecified atom stereocenters. The molecule has 1 aliphatic rings. The van der Waals surface area contributed by atoms with Gasteiger partial charge in [-0.05, 0) is 38.0 Å². The van der Waals surface area contributed by atoms with E-state index in [0.29, 0.717) is 23.6 Å². The lowest BCUT2D eigenvalue weighted by molar-refractivity contribution is 0.102. The average molecular weight is 363 g/mol. The van der Waals surface area contributed by atoms with Gasteiger partial charge in [0.15, 0.2) is 9.84 Å². The predicted molar refractivity (Wildman–Crippen MR) is 95.0 cm³/mol. The van der Waals surface area contributed by atoms with Gasteiger partial charge in [0.2, 0.25) is 0 Å². The average Bonchev–Trinajstić information content (AvgIpc) is 3.09. The van der Waals surface area contributed by atoms with Crippen molar-refractivity contribution in [1.29, 1.82) is 0 Å². The molecule has 7 nitrogen and oxygen atoms in total. The van der Waals surface area contributed by atoms with Crippen LogP contribution < -0.4 is 10.1 Å². The summed E-state index contributed by atoms with van der Waals surface area (Å²) in [5, 5.41) is 7.20. The highest BCUT2D eigenvalue weighted by molar-refractivity contribution is 7.91. The molecule has 1 aromatic heterocycles. The van der Waals surface area contributed by atoms with Crippen LogP contribution in [0.5, 0.6) is 5.75 Å². The Bertz CT molecular complexity index is 918. The molecule has 1 amide bonds. The van der Waals surface area contributed by atoms with Gasteiger partial charge in [-0.2, -0.15) is 5.10 Å². The molecule has 0 radical (unpaired) electrons. The standard InChI is InChI=1S/C17H21N3O4S/c1-11-4-5-13(9-15(11)24-3)17(21)18-16-8-12(2)19-20(16)14-6-7-25(22,23)10-14/h4-5,8-9,14H,6-7,10H2,1-3H3,(H,18,21). The van der Waals surface area contributed by atoms with Crippen LogP contribution in [0.2, 0.25) is 0 Å². The summed E-state index contributed by atoms with van der Waals surface area (Å²) >= 11 is 0. The fourth-order valence-corrected chi connectivity index (χ4v) is 4.70. The number of rotatable bonds is 4. The Kier molecular flexibility index (Phi) is 4.55. The number of carbonyl (C=O) groups excluding carboxylic acids is 1. The van der Waals surface area contributed by atoms with E-state index in [1.807, 2.05) is 19.9 Å². The first-order valence-corrected chi connectivity index (χ1v) is 9.84. The predicted octanol–water partition coefficient (Wildman–Crippen LogP) is 2.12. The van der Waals surface area contributed by atoms with Crippen molar-refractivity contribution in [2.24, 2.45) is 0 Å². The Hall–Kier alpha value is -2.35. The lowest BCUT2D eigenvalue weighted by Gasteiger charge is -2.14. The molecular weight excluding hydrogens is 342 g/mol. The highest BCUT2D eigenvalue weighted by Gasteiger charge is 2.31. The molecular formula is C17H21N3O4S. The van der Waals surface area contributed by atoms with Crippen molar-refractivity contribution in [3.8, 4) is 5.75 Å². The summed E-state index contributed by atoms with van der Waals surface area (Å²) in [6.07, 6.45) is 0.505. The number of hydrogen-bond acceptors (Lipinski definition) is 5. The molecule has 0 saturated carbocycles. The highest BCUT2D eigenvalue weighted by Crippen LogP contribution is 2.27. The van der Waals surface area contributed by atoms with Crippen molar-refractivity contribution in [2.45, 2.75) is 26.3 Å². The third-order valence-corrected chi connectivity index (χ3v) is 6.07. The number of nitrogens with zero attached hydrogens (tertiary/aromatic N) is 2. The molecule has 1 atom stereocenters. The van der Waals surface area contributed by atoms with E-state index >= 15 is 0 Å². The first-order valence-electron chi connectivity index (χ1n) is 8.01. The maximum Gasteiger partial charge on any atom is 0.256 e. The number of benzene rings is 1. The van der Waals surface area contributed by atoms with Crippen molar-refractivity contribution in [3.05, 3.63) is 41.1 Å². The SMILES string of the molecule is COc1cc(C(=O)Nc2cc(C)nn2C2CCS(=O)(=O)C2)ccc1C. The largest absolute Gasteiger partial charge is 0.496 e. The maximum atomic E-state index is 12.6. The van der Waals surface area contributed by atoms with Crippen LogP contribution in [0.4, 0.5) is 5.82 Å². The lowest BCUT2D eigenvalue weighted by atomic mass is 10.1. The Morgan fingerprint density at radius 1 is 1.32 bits per heavy atom. The molecule has 1 aliphatic heterocycles. The summed E-state index contributed by atoms with van der Waals surface area (Å²) in [5.41, 5.74) is 2.13. The van der Waals surface area contributed by atoms with Crippen LogP contribution in [-0.2, 0) is 9.84 Å². The molecule has 134 valence electrons. The van der Waals surface area contributed by atoms with Gasteiger partial charge in [0, 0.05) is 11.6 Å². The molecule has 0 bridgehead atoms.